The second kappa shape index (κ2) is 5.97. The van der Waals surface area contributed by atoms with E-state index in [1.807, 2.05) is 45.3 Å². The number of hydrogen-bond acceptors (Lipinski definition) is 1. The molecule has 1 aromatic carbocycles. The lowest BCUT2D eigenvalue weighted by Crippen LogP contribution is -1.80. The Balaban J connectivity index is 0.000000531. The lowest BCUT2D eigenvalue weighted by molar-refractivity contribution is 1.35. The van der Waals surface area contributed by atoms with Crippen LogP contribution in [-0.2, 0) is 0 Å². The maximum absolute atomic E-state index is 4.18. The molecule has 2 rings (SSSR count). The van der Waals surface area contributed by atoms with Gasteiger partial charge in [-0.1, -0.05) is 50.3 Å². The summed E-state index contributed by atoms with van der Waals surface area (Å²) in [4.78, 5) is 4.18. The fraction of sp³-hybridized carbons (Fsp3) is 0.214. The molecule has 0 aliphatic carbocycles. The van der Waals surface area contributed by atoms with Crippen LogP contribution in [0.5, 0.6) is 0 Å². The molecule has 0 aliphatic heterocycles. The molecule has 0 saturated carbocycles. The molecule has 0 N–H and O–H groups in total. The van der Waals surface area contributed by atoms with E-state index in [-0.39, 0.29) is 0 Å². The van der Waals surface area contributed by atoms with Gasteiger partial charge in [0.05, 0.1) is 0 Å². The van der Waals surface area contributed by atoms with Crippen LogP contribution >= 0.6 is 0 Å². The maximum atomic E-state index is 4.18. The highest BCUT2D eigenvalue weighted by Crippen LogP contribution is 2.17. The Morgan fingerprint density at radius 1 is 1.07 bits per heavy atom. The number of benzene rings is 1. The van der Waals surface area contributed by atoms with E-state index < -0.39 is 0 Å². The third-order valence-corrected chi connectivity index (χ3v) is 2.05. The Morgan fingerprint density at radius 3 is 2.53 bits per heavy atom. The van der Waals surface area contributed by atoms with Gasteiger partial charge < -0.3 is 0 Å². The average Bonchev–Trinajstić information content (AvgIpc) is 2.33. The standard InChI is InChI=1S/C12H11N.C2H6/c1-2-5-10-8-13-9-11-6-3-4-7-12(10)11;1-2/h2-9H,1H3;1-2H3/b5-2+;. The van der Waals surface area contributed by atoms with Crippen molar-refractivity contribution in [1.82, 2.24) is 4.98 Å². The molecule has 0 radical (unpaired) electrons. The molecule has 2 aromatic rings. The molecule has 0 aliphatic rings. The van der Waals surface area contributed by atoms with Gasteiger partial charge in [-0.25, -0.2) is 0 Å². The van der Waals surface area contributed by atoms with Gasteiger partial charge >= 0.3 is 0 Å². The molecular weight excluding hydrogens is 182 g/mol. The summed E-state index contributed by atoms with van der Waals surface area (Å²) < 4.78 is 0. The van der Waals surface area contributed by atoms with Gasteiger partial charge in [0.2, 0.25) is 0 Å². The van der Waals surface area contributed by atoms with Crippen molar-refractivity contribution >= 4 is 16.8 Å². The van der Waals surface area contributed by atoms with Crippen molar-refractivity contribution in [1.29, 1.82) is 0 Å². The van der Waals surface area contributed by atoms with Crippen molar-refractivity contribution in [2.75, 3.05) is 0 Å². The van der Waals surface area contributed by atoms with Gasteiger partial charge in [0.1, 0.15) is 0 Å². The van der Waals surface area contributed by atoms with E-state index in [1.54, 1.807) is 0 Å². The Bertz CT molecular complexity index is 439. The Morgan fingerprint density at radius 2 is 1.80 bits per heavy atom. The number of pyridine rings is 1. The number of rotatable bonds is 1. The molecule has 0 bridgehead atoms. The minimum Gasteiger partial charge on any atom is -0.263 e. The highest BCUT2D eigenvalue weighted by Gasteiger charge is 1.95. The maximum Gasteiger partial charge on any atom is 0.0346 e. The van der Waals surface area contributed by atoms with Crippen LogP contribution < -0.4 is 0 Å². The van der Waals surface area contributed by atoms with Gasteiger partial charge in [0, 0.05) is 23.3 Å². The second-order valence-corrected chi connectivity index (χ2v) is 2.95. The average molecular weight is 199 g/mol. The first kappa shape index (κ1) is 11.4. The molecule has 1 heterocycles. The summed E-state index contributed by atoms with van der Waals surface area (Å²) in [5.74, 6) is 0. The largest absolute Gasteiger partial charge is 0.263 e. The normalized spacial score (nSPS) is 10.1. The van der Waals surface area contributed by atoms with Gasteiger partial charge in [-0.15, -0.1) is 0 Å². The van der Waals surface area contributed by atoms with Crippen LogP contribution in [0.25, 0.3) is 16.8 Å². The third-order valence-electron chi connectivity index (χ3n) is 2.05. The van der Waals surface area contributed by atoms with Crippen LogP contribution in [0.15, 0.2) is 42.7 Å². The lowest BCUT2D eigenvalue weighted by Gasteiger charge is -1.99. The number of hydrogen-bond donors (Lipinski definition) is 0. The van der Waals surface area contributed by atoms with Crippen molar-refractivity contribution in [3.63, 3.8) is 0 Å². The smallest absolute Gasteiger partial charge is 0.0346 e. The zero-order chi connectivity index (χ0) is 11.1. The molecule has 1 heteroatoms. The van der Waals surface area contributed by atoms with Gasteiger partial charge in [-0.05, 0) is 12.3 Å². The molecule has 0 atom stereocenters. The van der Waals surface area contributed by atoms with Crippen molar-refractivity contribution in [2.45, 2.75) is 20.8 Å². The molecule has 15 heavy (non-hydrogen) atoms. The first-order valence-electron chi connectivity index (χ1n) is 5.37. The molecule has 0 spiro atoms. The van der Waals surface area contributed by atoms with E-state index in [9.17, 15) is 0 Å². The minimum absolute atomic E-state index is 1.18. The van der Waals surface area contributed by atoms with E-state index in [0.717, 1.165) is 0 Å². The van der Waals surface area contributed by atoms with E-state index in [4.69, 9.17) is 0 Å². The van der Waals surface area contributed by atoms with Crippen LogP contribution in [-0.4, -0.2) is 4.98 Å². The summed E-state index contributed by atoms with van der Waals surface area (Å²) >= 11 is 0. The number of nitrogens with zero attached hydrogens (tertiary/aromatic N) is 1. The van der Waals surface area contributed by atoms with Gasteiger partial charge in [0.15, 0.2) is 0 Å². The summed E-state index contributed by atoms with van der Waals surface area (Å²) in [6.07, 6.45) is 7.89. The van der Waals surface area contributed by atoms with E-state index in [1.165, 1.54) is 16.3 Å². The Kier molecular flexibility index (Phi) is 4.55. The minimum atomic E-state index is 1.18. The molecule has 0 amide bonds. The second-order valence-electron chi connectivity index (χ2n) is 2.95. The quantitative estimate of drug-likeness (QED) is 0.667. The van der Waals surface area contributed by atoms with Crippen molar-refractivity contribution in [3.8, 4) is 0 Å². The molecule has 0 fully saturated rings. The highest BCUT2D eigenvalue weighted by molar-refractivity contribution is 5.89. The first-order chi connectivity index (χ1) is 7.42. The lowest BCUT2D eigenvalue weighted by atomic mass is 10.1. The predicted octanol–water partition coefficient (Wildman–Crippen LogP) is 4.29. The van der Waals surface area contributed by atoms with Crippen LogP contribution in [0, 0.1) is 0 Å². The number of fused-ring (bicyclic) bond motifs is 1. The van der Waals surface area contributed by atoms with Crippen molar-refractivity contribution in [3.05, 3.63) is 48.3 Å². The van der Waals surface area contributed by atoms with Crippen LogP contribution in [0.1, 0.15) is 26.3 Å². The van der Waals surface area contributed by atoms with Crippen LogP contribution in [0.3, 0.4) is 0 Å². The Labute approximate surface area is 91.5 Å². The molecule has 78 valence electrons. The van der Waals surface area contributed by atoms with Crippen molar-refractivity contribution < 1.29 is 0 Å². The molecule has 1 aromatic heterocycles. The van der Waals surface area contributed by atoms with Gasteiger partial charge in [-0.2, -0.15) is 0 Å². The van der Waals surface area contributed by atoms with E-state index in [0.29, 0.717) is 0 Å². The Hall–Kier alpha value is -1.63. The molecule has 0 saturated heterocycles. The zero-order valence-corrected chi connectivity index (χ0v) is 9.57. The summed E-state index contributed by atoms with van der Waals surface area (Å²) in [5.41, 5.74) is 1.18. The molecule has 1 nitrogen and oxygen atoms in total. The van der Waals surface area contributed by atoms with Crippen LogP contribution in [0.2, 0.25) is 0 Å². The molecule has 0 unspecified atom stereocenters. The number of allylic oxidation sites excluding steroid dienone is 1. The summed E-state index contributed by atoms with van der Waals surface area (Å²) in [7, 11) is 0. The predicted molar refractivity (Wildman–Crippen MR) is 67.8 cm³/mol. The van der Waals surface area contributed by atoms with Gasteiger partial charge in [0.25, 0.3) is 0 Å². The summed E-state index contributed by atoms with van der Waals surface area (Å²) in [6.45, 7) is 6.02. The molecular formula is C14H17N. The highest BCUT2D eigenvalue weighted by atomic mass is 14.6. The topological polar surface area (TPSA) is 12.9 Å². The van der Waals surface area contributed by atoms with Crippen molar-refractivity contribution in [2.24, 2.45) is 0 Å². The first-order valence-corrected chi connectivity index (χ1v) is 5.37. The SMILES string of the molecule is C/C=C/c1cncc2ccccc12.CC. The van der Waals surface area contributed by atoms with E-state index in [2.05, 4.69) is 29.3 Å². The fourth-order valence-electron chi connectivity index (χ4n) is 1.45. The fourth-order valence-corrected chi connectivity index (χ4v) is 1.45. The summed E-state index contributed by atoms with van der Waals surface area (Å²) in [6, 6.07) is 8.28. The summed E-state index contributed by atoms with van der Waals surface area (Å²) in [5, 5.41) is 2.45. The third kappa shape index (κ3) is 2.66. The van der Waals surface area contributed by atoms with Crippen LogP contribution in [0.4, 0.5) is 0 Å². The van der Waals surface area contributed by atoms with Gasteiger partial charge in [-0.3, -0.25) is 4.98 Å². The number of aromatic nitrogens is 1. The van der Waals surface area contributed by atoms with E-state index >= 15 is 0 Å². The zero-order valence-electron chi connectivity index (χ0n) is 9.57. The monoisotopic (exact) mass is 199 g/mol.